The summed E-state index contributed by atoms with van der Waals surface area (Å²) in [5, 5.41) is 14.9. The molecule has 4 rings (SSSR count). The van der Waals surface area contributed by atoms with Crippen molar-refractivity contribution < 1.29 is 19.1 Å². The Kier molecular flexibility index (Phi) is 6.87. The summed E-state index contributed by atoms with van der Waals surface area (Å²) in [6.45, 7) is 4.09. The highest BCUT2D eigenvalue weighted by atomic mass is 32.1. The number of hydrogen-bond donors (Lipinski definition) is 2. The zero-order chi connectivity index (χ0) is 24.2. The van der Waals surface area contributed by atoms with E-state index in [1.54, 1.807) is 50.1 Å². The molecule has 10 heteroatoms. The second-order valence-electron chi connectivity index (χ2n) is 8.23. The molecule has 1 aliphatic rings. The highest BCUT2D eigenvalue weighted by molar-refractivity contribution is 7.15. The Morgan fingerprint density at radius 1 is 1.12 bits per heavy atom. The number of nitrogens with zero attached hydrogens (tertiary/aromatic N) is 3. The Hall–Kier alpha value is -3.79. The van der Waals surface area contributed by atoms with E-state index < -0.39 is 0 Å². The number of aromatic nitrogens is 2. The van der Waals surface area contributed by atoms with Gasteiger partial charge in [-0.3, -0.25) is 19.7 Å². The molecule has 0 spiro atoms. The first kappa shape index (κ1) is 23.4. The summed E-state index contributed by atoms with van der Waals surface area (Å²) in [4.78, 5) is 38.9. The number of benzene rings is 2. The van der Waals surface area contributed by atoms with Crippen molar-refractivity contribution in [2.45, 2.75) is 26.2 Å². The van der Waals surface area contributed by atoms with Gasteiger partial charge in [-0.25, -0.2) is 0 Å². The number of rotatable bonds is 7. The Bertz CT molecular complexity index is 1210. The Labute approximate surface area is 201 Å². The Balaban J connectivity index is 1.40. The van der Waals surface area contributed by atoms with Gasteiger partial charge in [0.15, 0.2) is 0 Å². The summed E-state index contributed by atoms with van der Waals surface area (Å²) < 4.78 is 5.18. The van der Waals surface area contributed by atoms with Gasteiger partial charge in [0.25, 0.3) is 5.91 Å². The molecule has 1 atom stereocenters. The molecule has 2 heterocycles. The monoisotopic (exact) mass is 479 g/mol. The maximum Gasteiger partial charge on any atom is 0.257 e. The van der Waals surface area contributed by atoms with Crippen molar-refractivity contribution in [3.05, 3.63) is 59.1 Å². The maximum absolute atomic E-state index is 12.7. The summed E-state index contributed by atoms with van der Waals surface area (Å²) in [7, 11) is 1.60. The number of nitrogens with one attached hydrogen (secondary N) is 2. The van der Waals surface area contributed by atoms with E-state index in [4.69, 9.17) is 4.74 Å². The molecule has 2 aromatic carbocycles. The molecule has 1 aliphatic heterocycles. The van der Waals surface area contributed by atoms with Crippen LogP contribution in [0.3, 0.4) is 0 Å². The van der Waals surface area contributed by atoms with Gasteiger partial charge in [-0.15, -0.1) is 10.2 Å². The highest BCUT2D eigenvalue weighted by Crippen LogP contribution is 2.34. The second-order valence-corrected chi connectivity index (χ2v) is 9.24. The number of ether oxygens (including phenoxy) is 1. The van der Waals surface area contributed by atoms with Crippen molar-refractivity contribution in [3.63, 3.8) is 0 Å². The van der Waals surface area contributed by atoms with Crippen LogP contribution in [0.4, 0.5) is 16.5 Å². The normalized spacial score (nSPS) is 15.5. The quantitative estimate of drug-likeness (QED) is 0.531. The summed E-state index contributed by atoms with van der Waals surface area (Å²) in [6, 6.07) is 14.0. The van der Waals surface area contributed by atoms with Crippen LogP contribution in [0.25, 0.3) is 0 Å². The summed E-state index contributed by atoms with van der Waals surface area (Å²) in [5.74, 6) is -0.0138. The molecule has 176 valence electrons. The molecule has 0 radical (unpaired) electrons. The van der Waals surface area contributed by atoms with E-state index in [1.165, 1.54) is 11.3 Å². The molecule has 0 aliphatic carbocycles. The van der Waals surface area contributed by atoms with Gasteiger partial charge in [0, 0.05) is 41.7 Å². The van der Waals surface area contributed by atoms with Crippen LogP contribution < -0.4 is 20.3 Å². The molecule has 3 aromatic rings. The van der Waals surface area contributed by atoms with Gasteiger partial charge < -0.3 is 15.0 Å². The van der Waals surface area contributed by atoms with E-state index in [9.17, 15) is 14.4 Å². The van der Waals surface area contributed by atoms with Gasteiger partial charge in [0.2, 0.25) is 16.9 Å². The Morgan fingerprint density at radius 2 is 1.88 bits per heavy atom. The number of carbonyl (C=O) groups excluding carboxylic acids is 3. The van der Waals surface area contributed by atoms with Crippen molar-refractivity contribution in [1.82, 2.24) is 10.2 Å². The van der Waals surface area contributed by atoms with Crippen molar-refractivity contribution >= 4 is 45.6 Å². The molecule has 1 saturated heterocycles. The minimum atomic E-state index is -0.356. The fourth-order valence-corrected chi connectivity index (χ4v) is 4.36. The van der Waals surface area contributed by atoms with E-state index >= 15 is 0 Å². The first-order chi connectivity index (χ1) is 16.3. The van der Waals surface area contributed by atoms with E-state index in [1.807, 2.05) is 24.3 Å². The minimum Gasteiger partial charge on any atom is -0.497 e. The third-order valence-corrected chi connectivity index (χ3v) is 6.44. The standard InChI is InChI=1S/C24H25N5O4S/c1-14(2)21(31)25-17-6-4-5-15(11-17)22(32)26-24-28-27-23(34-24)16-12-20(30)29(13-16)18-7-9-19(33-3)10-8-18/h4-11,14,16H,12-13H2,1-3H3,(H,25,31)(H,26,28,32)/t16-/m0/s1. The van der Waals surface area contributed by atoms with E-state index in [0.717, 1.165) is 11.4 Å². The smallest absolute Gasteiger partial charge is 0.257 e. The first-order valence-corrected chi connectivity index (χ1v) is 11.7. The topological polar surface area (TPSA) is 114 Å². The zero-order valence-corrected chi connectivity index (χ0v) is 19.9. The van der Waals surface area contributed by atoms with Crippen LogP contribution in [0.5, 0.6) is 5.75 Å². The number of carbonyl (C=O) groups is 3. The molecule has 3 amide bonds. The predicted octanol–water partition coefficient (Wildman–Crippen LogP) is 3.91. The summed E-state index contributed by atoms with van der Waals surface area (Å²) in [6.07, 6.45) is 0.326. The molecule has 0 unspecified atom stereocenters. The molecule has 1 aromatic heterocycles. The fraction of sp³-hybridized carbons (Fsp3) is 0.292. The lowest BCUT2D eigenvalue weighted by Crippen LogP contribution is -2.24. The highest BCUT2D eigenvalue weighted by Gasteiger charge is 2.34. The van der Waals surface area contributed by atoms with Crippen LogP contribution in [0.1, 0.15) is 41.6 Å². The second kappa shape index (κ2) is 10.0. The van der Waals surface area contributed by atoms with Gasteiger partial charge in [0.05, 0.1) is 7.11 Å². The third kappa shape index (κ3) is 5.23. The van der Waals surface area contributed by atoms with Crippen molar-refractivity contribution in [1.29, 1.82) is 0 Å². The first-order valence-electron chi connectivity index (χ1n) is 10.8. The number of methoxy groups -OCH3 is 1. The number of hydrogen-bond acceptors (Lipinski definition) is 7. The molecule has 34 heavy (non-hydrogen) atoms. The third-order valence-electron chi connectivity index (χ3n) is 5.44. The van der Waals surface area contributed by atoms with Crippen LogP contribution in [-0.2, 0) is 9.59 Å². The van der Waals surface area contributed by atoms with E-state index in [2.05, 4.69) is 20.8 Å². The molecule has 9 nitrogen and oxygen atoms in total. The fourth-order valence-electron chi connectivity index (χ4n) is 3.53. The lowest BCUT2D eigenvalue weighted by molar-refractivity contribution is -0.119. The average Bonchev–Trinajstić information content (AvgIpc) is 3.45. The van der Waals surface area contributed by atoms with Gasteiger partial charge in [0.1, 0.15) is 10.8 Å². The summed E-state index contributed by atoms with van der Waals surface area (Å²) >= 11 is 1.25. The van der Waals surface area contributed by atoms with Crippen LogP contribution in [0.15, 0.2) is 48.5 Å². The molecule has 0 saturated carbocycles. The molecular weight excluding hydrogens is 454 g/mol. The SMILES string of the molecule is COc1ccc(N2C[C@@H](c3nnc(NC(=O)c4cccc(NC(=O)C(C)C)c4)s3)CC2=O)cc1. The van der Waals surface area contributed by atoms with Crippen LogP contribution in [0.2, 0.25) is 0 Å². The molecule has 0 bridgehead atoms. The maximum atomic E-state index is 12.7. The lowest BCUT2D eigenvalue weighted by Gasteiger charge is -2.16. The molecule has 1 fully saturated rings. The van der Waals surface area contributed by atoms with Crippen LogP contribution >= 0.6 is 11.3 Å². The van der Waals surface area contributed by atoms with Gasteiger partial charge >= 0.3 is 0 Å². The Morgan fingerprint density at radius 3 is 2.59 bits per heavy atom. The van der Waals surface area contributed by atoms with Crippen molar-refractivity contribution in [2.75, 3.05) is 29.2 Å². The van der Waals surface area contributed by atoms with Crippen molar-refractivity contribution in [2.24, 2.45) is 5.92 Å². The van der Waals surface area contributed by atoms with E-state index in [-0.39, 0.29) is 29.6 Å². The number of anilines is 3. The van der Waals surface area contributed by atoms with Crippen molar-refractivity contribution in [3.8, 4) is 5.75 Å². The zero-order valence-electron chi connectivity index (χ0n) is 19.1. The lowest BCUT2D eigenvalue weighted by atomic mass is 10.1. The van der Waals surface area contributed by atoms with Gasteiger partial charge in [-0.05, 0) is 42.5 Å². The summed E-state index contributed by atoms with van der Waals surface area (Å²) in [5.41, 5.74) is 1.74. The number of amides is 3. The van der Waals surface area contributed by atoms with Gasteiger partial charge in [-0.1, -0.05) is 31.3 Å². The largest absolute Gasteiger partial charge is 0.497 e. The molecular formula is C24H25N5O4S. The average molecular weight is 480 g/mol. The van der Waals surface area contributed by atoms with Crippen LogP contribution in [-0.4, -0.2) is 41.6 Å². The van der Waals surface area contributed by atoms with E-state index in [0.29, 0.717) is 34.4 Å². The van der Waals surface area contributed by atoms with Crippen LogP contribution in [0, 0.1) is 5.92 Å². The minimum absolute atomic E-state index is 0.0104. The van der Waals surface area contributed by atoms with Gasteiger partial charge in [-0.2, -0.15) is 0 Å². The molecule has 2 N–H and O–H groups in total. The predicted molar refractivity (Wildman–Crippen MR) is 130 cm³/mol.